The molecule has 0 spiro atoms. The summed E-state index contributed by atoms with van der Waals surface area (Å²) in [5, 5.41) is 6.86. The van der Waals surface area contributed by atoms with E-state index in [-0.39, 0.29) is 0 Å². The van der Waals surface area contributed by atoms with Crippen molar-refractivity contribution in [1.29, 1.82) is 0 Å². The molecule has 0 bridgehead atoms. The van der Waals surface area contributed by atoms with Crippen molar-refractivity contribution in [3.8, 4) is 0 Å². The summed E-state index contributed by atoms with van der Waals surface area (Å²) < 4.78 is 5.59. The molecule has 156 valence electrons. The predicted molar refractivity (Wildman–Crippen MR) is 121 cm³/mol. The van der Waals surface area contributed by atoms with E-state index in [4.69, 9.17) is 26.6 Å². The second kappa shape index (κ2) is 9.43. The molecule has 29 heavy (non-hydrogen) atoms. The van der Waals surface area contributed by atoms with E-state index >= 15 is 0 Å². The van der Waals surface area contributed by atoms with E-state index in [0.717, 1.165) is 49.3 Å². The van der Waals surface area contributed by atoms with Gasteiger partial charge in [0.15, 0.2) is 5.11 Å². The van der Waals surface area contributed by atoms with Gasteiger partial charge in [-0.2, -0.15) is 9.97 Å². The Labute approximate surface area is 177 Å². The van der Waals surface area contributed by atoms with Gasteiger partial charge in [0.05, 0.1) is 6.54 Å². The molecule has 0 aliphatic carbocycles. The van der Waals surface area contributed by atoms with Gasteiger partial charge in [0.1, 0.15) is 23.2 Å². The fraction of sp³-hybridized carbons (Fsp3) is 0.571. The maximum Gasteiger partial charge on any atom is 0.232 e. The van der Waals surface area contributed by atoms with Crippen LogP contribution in [0.1, 0.15) is 50.0 Å². The minimum atomic E-state index is 0.499. The highest BCUT2D eigenvalue weighted by Gasteiger charge is 2.19. The van der Waals surface area contributed by atoms with Gasteiger partial charge in [-0.15, -0.1) is 0 Å². The highest BCUT2D eigenvalue weighted by Crippen LogP contribution is 2.26. The molecular formula is C21H30N6OS. The second-order valence-electron chi connectivity index (χ2n) is 7.82. The van der Waals surface area contributed by atoms with Crippen LogP contribution in [0, 0.1) is 6.92 Å². The number of thiocarbonyl (C=S) groups is 1. The van der Waals surface area contributed by atoms with E-state index in [2.05, 4.69) is 26.5 Å². The van der Waals surface area contributed by atoms with Crippen LogP contribution in [0.3, 0.4) is 0 Å². The summed E-state index contributed by atoms with van der Waals surface area (Å²) in [6.07, 6.45) is 7.46. The van der Waals surface area contributed by atoms with Crippen molar-refractivity contribution in [3.05, 3.63) is 29.7 Å². The number of nitrogens with one attached hydrogen (secondary N) is 2. The van der Waals surface area contributed by atoms with Crippen molar-refractivity contribution in [3.63, 3.8) is 0 Å². The predicted octanol–water partition coefficient (Wildman–Crippen LogP) is 3.85. The zero-order valence-electron chi connectivity index (χ0n) is 17.1. The summed E-state index contributed by atoms with van der Waals surface area (Å²) in [6, 6.07) is 6.04. The summed E-state index contributed by atoms with van der Waals surface area (Å²) >= 11 is 5.47. The highest BCUT2D eigenvalue weighted by atomic mass is 32.1. The molecule has 0 aromatic carbocycles. The van der Waals surface area contributed by atoms with Gasteiger partial charge in [-0.3, -0.25) is 0 Å². The molecule has 2 aromatic rings. The van der Waals surface area contributed by atoms with Crippen molar-refractivity contribution in [2.24, 2.45) is 0 Å². The van der Waals surface area contributed by atoms with E-state index < -0.39 is 0 Å². The lowest BCUT2D eigenvalue weighted by atomic mass is 10.1. The molecule has 0 atom stereocenters. The zero-order valence-corrected chi connectivity index (χ0v) is 17.9. The Kier molecular flexibility index (Phi) is 6.49. The molecule has 0 amide bonds. The molecule has 2 aliphatic heterocycles. The topological polar surface area (TPSA) is 69.5 Å². The largest absolute Gasteiger partial charge is 0.465 e. The first-order valence-corrected chi connectivity index (χ1v) is 11.1. The van der Waals surface area contributed by atoms with Gasteiger partial charge in [-0.05, 0) is 69.8 Å². The lowest BCUT2D eigenvalue weighted by Crippen LogP contribution is -2.34. The summed E-state index contributed by atoms with van der Waals surface area (Å²) in [5.41, 5.74) is 0. The van der Waals surface area contributed by atoms with Crippen LogP contribution in [0.25, 0.3) is 0 Å². The van der Waals surface area contributed by atoms with Crippen LogP contribution in [0.5, 0.6) is 0 Å². The molecular weight excluding hydrogens is 384 g/mol. The lowest BCUT2D eigenvalue weighted by molar-refractivity contribution is 0.478. The first-order chi connectivity index (χ1) is 14.2. The maximum atomic E-state index is 5.59. The number of hydrogen-bond acceptors (Lipinski definition) is 6. The van der Waals surface area contributed by atoms with E-state index in [0.29, 0.717) is 17.6 Å². The van der Waals surface area contributed by atoms with Crippen LogP contribution in [-0.2, 0) is 6.54 Å². The number of nitrogens with zero attached hydrogens (tertiary/aromatic N) is 4. The van der Waals surface area contributed by atoms with Crippen molar-refractivity contribution in [1.82, 2.24) is 15.3 Å². The number of piperidine rings is 2. The van der Waals surface area contributed by atoms with Gasteiger partial charge in [-0.25, -0.2) is 0 Å². The lowest BCUT2D eigenvalue weighted by Gasteiger charge is -2.31. The third-order valence-electron chi connectivity index (χ3n) is 5.50. The Morgan fingerprint density at radius 3 is 2.07 bits per heavy atom. The Hall–Kier alpha value is -2.35. The SMILES string of the molecule is Cc1ccc(CNC(=S)Nc2nc(N3CCCCC3)cc(N3CCCCC3)n2)o1. The molecule has 4 heterocycles. The first-order valence-electron chi connectivity index (χ1n) is 10.7. The van der Waals surface area contributed by atoms with Gasteiger partial charge in [0, 0.05) is 32.2 Å². The number of furan rings is 1. The van der Waals surface area contributed by atoms with Crippen molar-refractivity contribution >= 4 is 34.9 Å². The molecule has 2 aliphatic rings. The second-order valence-corrected chi connectivity index (χ2v) is 8.23. The molecule has 2 saturated heterocycles. The highest BCUT2D eigenvalue weighted by molar-refractivity contribution is 7.80. The zero-order chi connectivity index (χ0) is 20.1. The summed E-state index contributed by atoms with van der Waals surface area (Å²) in [7, 11) is 0. The minimum absolute atomic E-state index is 0.499. The van der Waals surface area contributed by atoms with E-state index in [1.807, 2.05) is 19.1 Å². The van der Waals surface area contributed by atoms with Crippen LogP contribution >= 0.6 is 12.2 Å². The Balaban J connectivity index is 1.48. The third-order valence-corrected chi connectivity index (χ3v) is 5.75. The minimum Gasteiger partial charge on any atom is -0.465 e. The Morgan fingerprint density at radius 1 is 0.966 bits per heavy atom. The fourth-order valence-electron chi connectivity index (χ4n) is 3.94. The van der Waals surface area contributed by atoms with Gasteiger partial charge in [0.25, 0.3) is 0 Å². The molecule has 2 fully saturated rings. The van der Waals surface area contributed by atoms with Gasteiger partial charge in [0.2, 0.25) is 5.95 Å². The normalized spacial score (nSPS) is 17.3. The maximum absolute atomic E-state index is 5.59. The van der Waals surface area contributed by atoms with E-state index in [1.165, 1.54) is 38.5 Å². The number of aromatic nitrogens is 2. The number of hydrogen-bond donors (Lipinski definition) is 2. The summed E-state index contributed by atoms with van der Waals surface area (Å²) in [4.78, 5) is 14.3. The van der Waals surface area contributed by atoms with Crippen LogP contribution in [-0.4, -0.2) is 41.3 Å². The smallest absolute Gasteiger partial charge is 0.232 e. The number of aryl methyl sites for hydroxylation is 1. The molecule has 0 radical (unpaired) electrons. The fourth-order valence-corrected chi connectivity index (χ4v) is 4.10. The average molecular weight is 415 g/mol. The first kappa shape index (κ1) is 19.9. The van der Waals surface area contributed by atoms with E-state index in [9.17, 15) is 0 Å². The third kappa shape index (κ3) is 5.38. The standard InChI is InChI=1S/C21H30N6OS/c1-16-8-9-17(28-16)15-22-21(29)25-20-23-18(26-10-4-2-5-11-26)14-19(24-20)27-12-6-3-7-13-27/h8-9,14H,2-7,10-13,15H2,1H3,(H2,22,23,24,25,29). The van der Waals surface area contributed by atoms with Crippen molar-refractivity contribution in [2.45, 2.75) is 52.0 Å². The van der Waals surface area contributed by atoms with Crippen LogP contribution in [0.4, 0.5) is 17.6 Å². The average Bonchev–Trinajstić information content (AvgIpc) is 3.18. The quantitative estimate of drug-likeness (QED) is 0.715. The molecule has 8 heteroatoms. The van der Waals surface area contributed by atoms with Gasteiger partial charge >= 0.3 is 0 Å². The number of rotatable bonds is 5. The molecule has 2 aromatic heterocycles. The molecule has 4 rings (SSSR count). The molecule has 7 nitrogen and oxygen atoms in total. The van der Waals surface area contributed by atoms with E-state index in [1.54, 1.807) is 0 Å². The van der Waals surface area contributed by atoms with Crippen LogP contribution < -0.4 is 20.4 Å². The Morgan fingerprint density at radius 2 is 1.55 bits per heavy atom. The van der Waals surface area contributed by atoms with Crippen LogP contribution in [0.15, 0.2) is 22.6 Å². The monoisotopic (exact) mass is 414 g/mol. The van der Waals surface area contributed by atoms with Crippen molar-refractivity contribution < 1.29 is 4.42 Å². The number of anilines is 3. The molecule has 0 saturated carbocycles. The summed E-state index contributed by atoms with van der Waals surface area (Å²) in [5.74, 6) is 4.29. The molecule has 0 unspecified atom stereocenters. The van der Waals surface area contributed by atoms with Crippen LogP contribution in [0.2, 0.25) is 0 Å². The van der Waals surface area contributed by atoms with Gasteiger partial charge in [-0.1, -0.05) is 0 Å². The Bertz CT molecular complexity index is 790. The van der Waals surface area contributed by atoms with Crippen molar-refractivity contribution in [2.75, 3.05) is 41.3 Å². The summed E-state index contributed by atoms with van der Waals surface area (Å²) in [6.45, 7) is 6.67. The van der Waals surface area contributed by atoms with Gasteiger partial charge < -0.3 is 24.9 Å². The molecule has 2 N–H and O–H groups in total.